The molecule has 0 radical (unpaired) electrons. The molecule has 0 saturated carbocycles. The minimum absolute atomic E-state index is 0.00708. The van der Waals surface area contributed by atoms with Crippen molar-refractivity contribution in [3.8, 4) is 0 Å². The molecule has 21 fully saturated rings. The number of urea groups is 1. The van der Waals surface area contributed by atoms with E-state index in [0.717, 1.165) is 138 Å². The van der Waals surface area contributed by atoms with Gasteiger partial charge in [0, 0.05) is 152 Å². The van der Waals surface area contributed by atoms with Gasteiger partial charge in [0.25, 0.3) is 0 Å². The smallest absolute Gasteiger partial charge is 0.314 e. The maximum atomic E-state index is 14.3. The normalized spacial score (nSPS) is 33.5. The first kappa shape index (κ1) is 120. The largest absolute Gasteiger partial charge is 0.463 e. The molecule has 21 aliphatic heterocycles. The molecular weight excluding hydrogens is 1990 g/mol. The molecular formula is C89H125N3O55. The molecule has 21 heterocycles. The Morgan fingerprint density at radius 3 is 0.490 bits per heavy atom. The number of hydrogen-bond acceptors (Lipinski definition) is 56. The van der Waals surface area contributed by atoms with Gasteiger partial charge in [-0.05, 0) is 19.4 Å². The molecule has 21 aliphatic rings. The molecule has 35 atom stereocenters. The minimum atomic E-state index is -2.47. The number of esters is 20. The number of unbranched alkanes of at least 4 members (excludes halogenated alkanes) is 3. The van der Waals surface area contributed by atoms with Crippen LogP contribution < -0.4 is 16.4 Å². The minimum Gasteiger partial charge on any atom is -0.463 e. The van der Waals surface area contributed by atoms with E-state index in [2.05, 4.69) is 10.6 Å². The fourth-order valence-electron chi connectivity index (χ4n) is 16.9. The molecule has 0 aromatic rings. The molecule has 0 unspecified atom stereocenters. The van der Waals surface area contributed by atoms with Crippen molar-refractivity contribution in [2.24, 2.45) is 5.73 Å². The average Bonchev–Trinajstić information content (AvgIpc) is 0.866. The molecule has 14 bridgehead atoms. The van der Waals surface area contributed by atoms with Gasteiger partial charge in [0.1, 0.15) is 125 Å². The van der Waals surface area contributed by atoms with Crippen LogP contribution in [-0.4, -0.2) is 400 Å². The Hall–Kier alpha value is -11.9. The highest BCUT2D eigenvalue weighted by molar-refractivity contribution is 5.75. The first-order valence-corrected chi connectivity index (χ1v) is 46.3. The number of nitrogens with two attached hydrogens (primary N) is 1. The number of hydrogen-bond donors (Lipinski definition) is 3. The van der Waals surface area contributed by atoms with E-state index in [4.69, 9.17) is 167 Å². The first-order valence-electron chi connectivity index (χ1n) is 46.3. The van der Waals surface area contributed by atoms with Crippen molar-refractivity contribution in [2.75, 3.05) is 59.3 Å². The van der Waals surface area contributed by atoms with Crippen LogP contribution in [0.25, 0.3) is 0 Å². The topological polar surface area (TPSA) is 722 Å². The Morgan fingerprint density at radius 2 is 0.333 bits per heavy atom. The van der Waals surface area contributed by atoms with E-state index in [9.17, 15) is 101 Å². The van der Waals surface area contributed by atoms with E-state index < -0.39 is 387 Å². The Morgan fingerprint density at radius 1 is 0.184 bits per heavy atom. The van der Waals surface area contributed by atoms with E-state index in [-0.39, 0.29) is 6.54 Å². The second-order valence-electron chi connectivity index (χ2n) is 34.2. The highest BCUT2D eigenvalue weighted by Crippen LogP contribution is 2.45. The lowest BCUT2D eigenvalue weighted by molar-refractivity contribution is -0.396. The van der Waals surface area contributed by atoms with Crippen molar-refractivity contribution >= 4 is 125 Å². The van der Waals surface area contributed by atoms with Crippen LogP contribution in [0.2, 0.25) is 0 Å². The molecule has 0 aliphatic carbocycles. The highest BCUT2D eigenvalue weighted by atomic mass is 16.8. The second-order valence-corrected chi connectivity index (χ2v) is 34.2. The summed E-state index contributed by atoms with van der Waals surface area (Å²) >= 11 is 0. The summed E-state index contributed by atoms with van der Waals surface area (Å²) in [5.41, 5.74) is 5.73. The Kier molecular flexibility index (Phi) is 46.2. The molecule has 147 heavy (non-hydrogen) atoms. The van der Waals surface area contributed by atoms with Gasteiger partial charge >= 0.3 is 125 Å². The van der Waals surface area contributed by atoms with Crippen LogP contribution in [0.4, 0.5) is 4.79 Å². The van der Waals surface area contributed by atoms with Crippen LogP contribution in [0.5, 0.6) is 0 Å². The maximum Gasteiger partial charge on any atom is 0.314 e. The van der Waals surface area contributed by atoms with Gasteiger partial charge in [0.05, 0.1) is 0 Å². The fourth-order valence-corrected chi connectivity index (χ4v) is 16.9. The van der Waals surface area contributed by atoms with Gasteiger partial charge in [-0.15, -0.1) is 0 Å². The van der Waals surface area contributed by atoms with Crippen molar-refractivity contribution in [2.45, 2.75) is 379 Å². The van der Waals surface area contributed by atoms with Crippen LogP contribution in [0.1, 0.15) is 164 Å². The van der Waals surface area contributed by atoms with E-state index in [0.29, 0.717) is 32.2 Å². The summed E-state index contributed by atoms with van der Waals surface area (Å²) in [4.78, 5) is 290. The zero-order chi connectivity index (χ0) is 109. The lowest BCUT2D eigenvalue weighted by Crippen LogP contribution is -2.70. The van der Waals surface area contributed by atoms with Crippen LogP contribution in [-0.2, 0) is 257 Å². The van der Waals surface area contributed by atoms with Crippen molar-refractivity contribution in [1.29, 1.82) is 0 Å². The van der Waals surface area contributed by atoms with Crippen LogP contribution in [0.15, 0.2) is 0 Å². The predicted molar refractivity (Wildman–Crippen MR) is 461 cm³/mol. The predicted octanol–water partition coefficient (Wildman–Crippen LogP) is -2.99. The van der Waals surface area contributed by atoms with Crippen LogP contribution in [0.3, 0.4) is 0 Å². The number of ether oxygens (including phenoxy) is 34. The summed E-state index contributed by atoms with van der Waals surface area (Å²) in [5.74, 6) is -25.0. The van der Waals surface area contributed by atoms with E-state index in [1.807, 2.05) is 0 Å². The summed E-state index contributed by atoms with van der Waals surface area (Å²) in [6, 6.07) is -0.976. The number of amides is 2. The van der Waals surface area contributed by atoms with Gasteiger partial charge in [-0.25, -0.2) is 4.79 Å². The van der Waals surface area contributed by atoms with E-state index in [1.165, 1.54) is 0 Å². The number of carbonyl (C=O) groups is 21. The second kappa shape index (κ2) is 56.5. The van der Waals surface area contributed by atoms with Crippen molar-refractivity contribution in [3.05, 3.63) is 0 Å². The fraction of sp³-hybridized carbons (Fsp3) is 0.764. The van der Waals surface area contributed by atoms with Crippen LogP contribution >= 0.6 is 0 Å². The van der Waals surface area contributed by atoms with Gasteiger partial charge < -0.3 is 177 Å². The van der Waals surface area contributed by atoms with Crippen LogP contribution in [0, 0.1) is 0 Å². The molecule has 21 saturated heterocycles. The lowest BCUT2D eigenvalue weighted by Gasteiger charge is -2.52. The third kappa shape index (κ3) is 35.9. The van der Waals surface area contributed by atoms with Gasteiger partial charge in [-0.3, -0.25) is 95.9 Å². The summed E-state index contributed by atoms with van der Waals surface area (Å²) in [6.07, 6.45) is -79.3. The monoisotopic (exact) mass is 2120 g/mol. The van der Waals surface area contributed by atoms with E-state index >= 15 is 0 Å². The molecule has 58 nitrogen and oxygen atoms in total. The van der Waals surface area contributed by atoms with Crippen molar-refractivity contribution < 1.29 is 262 Å². The zero-order valence-corrected chi connectivity index (χ0v) is 83.9. The van der Waals surface area contributed by atoms with Gasteiger partial charge in [0.2, 0.25) is 0 Å². The molecule has 2 amide bonds. The summed E-state index contributed by atoms with van der Waals surface area (Å²) in [6.45, 7) is 9.26. The standard InChI is InChI=1S/C89H125N3O55/c1-34(93)114-28-55-62-69(121-41(8)100)77(129-49(16)108)84(136-55)144-64-57(30-116-36(3)95)138-86(79(131-51(18)110)71(64)123-43(10)102)146-66-59(32-118-38(5)97)140-88(81(133-53(20)112)73(66)125-45(12)104)147-67-60(33-119-39(6)98)139-87(80(132-52(19)111)74(67)126-46(13)105)145-65-58(31-117-37(4)96)137-85(78(130-50(17)109)72(65)124-44(11)103)143-63-56(29-115-35(2)94)135-83(76(128-48(15)107)70(63)122-42(9)101)141-61-54(27-92-89(113)91-26-24-22-21-23-25-90)134-82(142-62)75(127-47(14)106)68(61)120-40(7)99/h54-88H,21-33,90H2,1-20H3,(H2,91,92,113)/t54-,55-,56-,57-,58-,59-,60-,61-,62-,63-,64-,65-,66-,67-,68+,69+,70+,71+,72+,73+,74+,75-,76-,77-,78-,79-,80-,81-,82-,83-,84-,85-,86-,87-,88-/m1/s1. The number of carbonyl (C=O) groups excluding carboxylic acids is 21. The molecule has 58 heteroatoms. The van der Waals surface area contributed by atoms with E-state index in [1.54, 1.807) is 0 Å². The quantitative estimate of drug-likeness (QED) is 0.0329. The molecule has 4 N–H and O–H groups in total. The zero-order valence-electron chi connectivity index (χ0n) is 83.9. The maximum absolute atomic E-state index is 14.3. The number of rotatable bonds is 34. The molecule has 0 spiro atoms. The molecule has 826 valence electrons. The molecule has 0 aromatic carbocycles. The Balaban J connectivity index is 1.52. The average molecular weight is 2120 g/mol. The third-order valence-corrected chi connectivity index (χ3v) is 22.0. The lowest BCUT2D eigenvalue weighted by atomic mass is 9.94. The van der Waals surface area contributed by atoms with Crippen molar-refractivity contribution in [1.82, 2.24) is 10.6 Å². The summed E-state index contributed by atoms with van der Waals surface area (Å²) < 4.78 is 211. The molecule has 0 aromatic heterocycles. The van der Waals surface area contributed by atoms with Crippen molar-refractivity contribution in [3.63, 3.8) is 0 Å². The Labute approximate surface area is 838 Å². The summed E-state index contributed by atoms with van der Waals surface area (Å²) in [5, 5.41) is 5.24. The van der Waals surface area contributed by atoms with Gasteiger partial charge in [0.15, 0.2) is 129 Å². The Bertz CT molecular complexity index is 4310. The SMILES string of the molecule is CC(=O)OC[C@H]1O[C@@H]2O[C@H]3[C@H](OC(C)=O)[C@@H](OC(C)=O)[C@@H](O[C@H]4[C@H](OC(C)=O)[C@@H](OC(C)=O)[C@@H](O[C@H]5[C@H](OC(C)=O)[C@@H](OC(C)=O)[C@@H](O[C@H]6[C@H](OC(C)=O)[C@@H](OC(C)=O)[C@@H](O[C@H]7[C@H](OC(C)=O)[C@@H](OC(C)=O)[C@@H](O[C@H]8[C@H](OC(C)=O)[C@@H](OC(C)=O)[C@@H](O[C@H]1[C@H](OC(C)=O)[C@H]2OC(C)=O)O[C@@H]8CNC(=O)NCCCCCCN)O[C@@H]7COC(C)=O)O[C@@H]6COC(C)=O)O[C@@H]5COC(C)=O)O[C@@H]4COC(C)=O)O[C@@H]3COC(C)=O. The number of nitrogens with one attached hydrogen (secondary N) is 2. The van der Waals surface area contributed by atoms with Gasteiger partial charge in [-0.1, -0.05) is 12.8 Å². The first-order chi connectivity index (χ1) is 69.2. The molecule has 21 rings (SSSR count). The van der Waals surface area contributed by atoms with Gasteiger partial charge in [-0.2, -0.15) is 0 Å². The third-order valence-electron chi connectivity index (χ3n) is 22.0. The highest BCUT2D eigenvalue weighted by Gasteiger charge is 2.66. The summed E-state index contributed by atoms with van der Waals surface area (Å²) in [7, 11) is 0.